The number of aliphatic hydroxyl groups is 1. The van der Waals surface area contributed by atoms with Gasteiger partial charge in [0.15, 0.2) is 0 Å². The van der Waals surface area contributed by atoms with Gasteiger partial charge in [-0.05, 0) is 38.0 Å². The first-order chi connectivity index (χ1) is 7.38. The van der Waals surface area contributed by atoms with Crippen LogP contribution in [0.15, 0.2) is 0 Å². The van der Waals surface area contributed by atoms with Crippen LogP contribution in [0.2, 0.25) is 0 Å². The summed E-state index contributed by atoms with van der Waals surface area (Å²) in [5.41, 5.74) is 0. The van der Waals surface area contributed by atoms with Crippen molar-refractivity contribution in [3.05, 3.63) is 0 Å². The standard InChI is InChI=1S/C12H25NOS/c1-13-12(10-15-9-5-8-14)11-6-3-2-4-7-11/h11-14H,2-10H2,1H3. The van der Waals surface area contributed by atoms with Crippen molar-refractivity contribution in [3.8, 4) is 0 Å². The average molecular weight is 231 g/mol. The maximum atomic E-state index is 8.71. The summed E-state index contributed by atoms with van der Waals surface area (Å²) >= 11 is 1.98. The maximum Gasteiger partial charge on any atom is 0.0438 e. The van der Waals surface area contributed by atoms with Gasteiger partial charge >= 0.3 is 0 Å². The summed E-state index contributed by atoms with van der Waals surface area (Å²) in [6, 6.07) is 0.689. The quantitative estimate of drug-likeness (QED) is 0.659. The minimum atomic E-state index is 0.334. The number of thioether (sulfide) groups is 1. The molecule has 0 saturated heterocycles. The van der Waals surface area contributed by atoms with Crippen LogP contribution in [-0.2, 0) is 0 Å². The lowest BCUT2D eigenvalue weighted by atomic mass is 9.84. The molecule has 1 atom stereocenters. The summed E-state index contributed by atoms with van der Waals surface area (Å²) in [6.07, 6.45) is 8.03. The van der Waals surface area contributed by atoms with E-state index in [0.717, 1.165) is 18.1 Å². The molecule has 90 valence electrons. The highest BCUT2D eigenvalue weighted by Crippen LogP contribution is 2.27. The smallest absolute Gasteiger partial charge is 0.0438 e. The molecule has 1 unspecified atom stereocenters. The number of rotatable bonds is 7. The van der Waals surface area contributed by atoms with Gasteiger partial charge in [-0.1, -0.05) is 19.3 Å². The zero-order valence-electron chi connectivity index (χ0n) is 9.87. The van der Waals surface area contributed by atoms with Gasteiger partial charge in [0.25, 0.3) is 0 Å². The SMILES string of the molecule is CNC(CSCCCO)C1CCCCC1. The van der Waals surface area contributed by atoms with Gasteiger partial charge < -0.3 is 10.4 Å². The van der Waals surface area contributed by atoms with Crippen molar-refractivity contribution in [1.82, 2.24) is 5.32 Å². The van der Waals surface area contributed by atoms with Gasteiger partial charge in [0, 0.05) is 18.4 Å². The van der Waals surface area contributed by atoms with Gasteiger partial charge in [0.05, 0.1) is 0 Å². The zero-order valence-corrected chi connectivity index (χ0v) is 10.7. The van der Waals surface area contributed by atoms with Gasteiger partial charge in [0.1, 0.15) is 0 Å². The summed E-state index contributed by atoms with van der Waals surface area (Å²) in [4.78, 5) is 0. The first kappa shape index (κ1) is 13.3. The number of aliphatic hydroxyl groups excluding tert-OH is 1. The van der Waals surface area contributed by atoms with Crippen LogP contribution in [0.5, 0.6) is 0 Å². The highest BCUT2D eigenvalue weighted by molar-refractivity contribution is 7.99. The molecule has 0 bridgehead atoms. The molecule has 0 aromatic heterocycles. The molecule has 3 heteroatoms. The lowest BCUT2D eigenvalue weighted by molar-refractivity contribution is 0.293. The molecular weight excluding hydrogens is 206 g/mol. The molecule has 0 spiro atoms. The molecule has 0 aliphatic heterocycles. The fourth-order valence-corrected chi connectivity index (χ4v) is 3.56. The number of hydrogen-bond acceptors (Lipinski definition) is 3. The van der Waals surface area contributed by atoms with Gasteiger partial charge in [-0.2, -0.15) is 11.8 Å². The predicted molar refractivity (Wildman–Crippen MR) is 68.5 cm³/mol. The van der Waals surface area contributed by atoms with E-state index in [2.05, 4.69) is 12.4 Å². The molecule has 1 aliphatic carbocycles. The summed E-state index contributed by atoms with van der Waals surface area (Å²) in [5, 5.41) is 12.2. The topological polar surface area (TPSA) is 32.3 Å². The molecule has 0 aromatic rings. The second-order valence-electron chi connectivity index (χ2n) is 4.45. The van der Waals surface area contributed by atoms with Crippen molar-refractivity contribution >= 4 is 11.8 Å². The van der Waals surface area contributed by atoms with Crippen LogP contribution >= 0.6 is 11.8 Å². The summed E-state index contributed by atoms with van der Waals surface area (Å²) in [7, 11) is 2.09. The van der Waals surface area contributed by atoms with Crippen molar-refractivity contribution in [2.45, 2.75) is 44.6 Å². The second-order valence-corrected chi connectivity index (χ2v) is 5.60. The van der Waals surface area contributed by atoms with Crippen molar-refractivity contribution in [2.24, 2.45) is 5.92 Å². The molecule has 0 amide bonds. The van der Waals surface area contributed by atoms with E-state index in [1.54, 1.807) is 0 Å². The Hall–Kier alpha value is 0.270. The largest absolute Gasteiger partial charge is 0.396 e. The fraction of sp³-hybridized carbons (Fsp3) is 1.00. The Kier molecular flexibility index (Phi) is 7.49. The Morgan fingerprint density at radius 2 is 2.07 bits per heavy atom. The van der Waals surface area contributed by atoms with Crippen molar-refractivity contribution in [1.29, 1.82) is 0 Å². The lowest BCUT2D eigenvalue weighted by Crippen LogP contribution is -2.37. The number of nitrogens with one attached hydrogen (secondary N) is 1. The first-order valence-electron chi connectivity index (χ1n) is 6.24. The highest BCUT2D eigenvalue weighted by Gasteiger charge is 2.21. The monoisotopic (exact) mass is 231 g/mol. The lowest BCUT2D eigenvalue weighted by Gasteiger charge is -2.29. The van der Waals surface area contributed by atoms with Gasteiger partial charge in [-0.3, -0.25) is 0 Å². The second kappa shape index (κ2) is 8.43. The van der Waals surface area contributed by atoms with Crippen LogP contribution in [0.3, 0.4) is 0 Å². The summed E-state index contributed by atoms with van der Waals surface area (Å²) in [5.74, 6) is 3.20. The molecule has 0 radical (unpaired) electrons. The highest BCUT2D eigenvalue weighted by atomic mass is 32.2. The van der Waals surface area contributed by atoms with E-state index >= 15 is 0 Å². The predicted octanol–water partition coefficient (Wildman–Crippen LogP) is 2.27. The molecule has 2 nitrogen and oxygen atoms in total. The maximum absolute atomic E-state index is 8.71. The van der Waals surface area contributed by atoms with E-state index in [4.69, 9.17) is 5.11 Å². The molecule has 0 aromatic carbocycles. The van der Waals surface area contributed by atoms with Crippen molar-refractivity contribution < 1.29 is 5.11 Å². The third kappa shape index (κ3) is 5.23. The van der Waals surface area contributed by atoms with E-state index in [9.17, 15) is 0 Å². The van der Waals surface area contributed by atoms with Crippen LogP contribution in [0, 0.1) is 5.92 Å². The molecule has 1 aliphatic rings. The third-order valence-electron chi connectivity index (χ3n) is 3.33. The Bertz CT molecular complexity index is 149. The summed E-state index contributed by atoms with van der Waals surface area (Å²) in [6.45, 7) is 0.334. The van der Waals surface area contributed by atoms with Crippen LogP contribution in [0.1, 0.15) is 38.5 Å². The van der Waals surface area contributed by atoms with Crippen LogP contribution in [0.4, 0.5) is 0 Å². The summed E-state index contributed by atoms with van der Waals surface area (Å²) < 4.78 is 0. The molecule has 1 saturated carbocycles. The van der Waals surface area contributed by atoms with Gasteiger partial charge in [0.2, 0.25) is 0 Å². The van der Waals surface area contributed by atoms with Crippen LogP contribution in [0.25, 0.3) is 0 Å². The Morgan fingerprint density at radius 3 is 2.67 bits per heavy atom. The van der Waals surface area contributed by atoms with E-state index < -0.39 is 0 Å². The van der Waals surface area contributed by atoms with E-state index in [1.165, 1.54) is 37.9 Å². The van der Waals surface area contributed by atoms with Crippen molar-refractivity contribution in [3.63, 3.8) is 0 Å². The fourth-order valence-electron chi connectivity index (χ4n) is 2.37. The molecule has 1 fully saturated rings. The van der Waals surface area contributed by atoms with E-state index in [1.807, 2.05) is 11.8 Å². The average Bonchev–Trinajstić information content (AvgIpc) is 2.30. The van der Waals surface area contributed by atoms with E-state index in [-0.39, 0.29) is 0 Å². The van der Waals surface area contributed by atoms with Crippen molar-refractivity contribution in [2.75, 3.05) is 25.2 Å². The molecule has 0 heterocycles. The first-order valence-corrected chi connectivity index (χ1v) is 7.40. The Balaban J connectivity index is 2.15. The van der Waals surface area contributed by atoms with Gasteiger partial charge in [-0.15, -0.1) is 0 Å². The normalized spacial score (nSPS) is 20.4. The van der Waals surface area contributed by atoms with E-state index in [0.29, 0.717) is 12.6 Å². The molecular formula is C12H25NOS. The third-order valence-corrected chi connectivity index (χ3v) is 4.51. The molecule has 2 N–H and O–H groups in total. The van der Waals surface area contributed by atoms with Crippen LogP contribution < -0.4 is 5.32 Å². The minimum absolute atomic E-state index is 0.334. The molecule has 15 heavy (non-hydrogen) atoms. The minimum Gasteiger partial charge on any atom is -0.396 e. The zero-order chi connectivity index (χ0) is 10.9. The Labute approximate surface area is 98.2 Å². The molecule has 1 rings (SSSR count). The number of hydrogen-bond donors (Lipinski definition) is 2. The van der Waals surface area contributed by atoms with Crippen LogP contribution in [-0.4, -0.2) is 36.3 Å². The van der Waals surface area contributed by atoms with Gasteiger partial charge in [-0.25, -0.2) is 0 Å². The Morgan fingerprint density at radius 1 is 1.33 bits per heavy atom.